The summed E-state index contributed by atoms with van der Waals surface area (Å²) >= 11 is 0. The third kappa shape index (κ3) is 3.39. The molecule has 3 heterocycles. The van der Waals surface area contributed by atoms with E-state index in [1.54, 1.807) is 6.07 Å². The van der Waals surface area contributed by atoms with E-state index in [1.807, 2.05) is 32.2 Å². The minimum atomic E-state index is -0.190. The Labute approximate surface area is 157 Å². The molecule has 1 aliphatic rings. The lowest BCUT2D eigenvalue weighted by atomic mass is 9.99. The van der Waals surface area contributed by atoms with Crippen molar-refractivity contribution in [1.82, 2.24) is 15.1 Å². The number of rotatable bonds is 3. The monoisotopic (exact) mass is 366 g/mol. The lowest BCUT2D eigenvalue weighted by Gasteiger charge is -2.27. The fraction of sp³-hybridized carbons (Fsp3) is 0.333. The highest BCUT2D eigenvalue weighted by Gasteiger charge is 2.26. The summed E-state index contributed by atoms with van der Waals surface area (Å²) in [4.78, 5) is 9.85. The molecule has 1 N–H and O–H groups in total. The van der Waals surface area contributed by atoms with Crippen LogP contribution in [0, 0.1) is 19.7 Å². The standard InChI is InChI=1S/C21H23FN4O/c1-13-10-18(23-12-13)21-24-20(25-27-21)16-6-5-9-26(14(2)11-16)19-8-4-7-17(22)15(19)3/h4,7-8,10,12,16,23H,2,5-6,9,11H2,1,3H3. The molecule has 0 saturated carbocycles. The molecule has 1 unspecified atom stereocenters. The summed E-state index contributed by atoms with van der Waals surface area (Å²) in [5.41, 5.74) is 4.44. The van der Waals surface area contributed by atoms with E-state index in [0.717, 1.165) is 48.4 Å². The third-order valence-electron chi connectivity index (χ3n) is 5.19. The Morgan fingerprint density at radius 2 is 2.19 bits per heavy atom. The zero-order chi connectivity index (χ0) is 19.0. The molecular weight excluding hydrogens is 343 g/mol. The summed E-state index contributed by atoms with van der Waals surface area (Å²) in [6.07, 6.45) is 4.52. The second-order valence-electron chi connectivity index (χ2n) is 7.19. The van der Waals surface area contributed by atoms with Crippen molar-refractivity contribution in [2.45, 2.75) is 39.0 Å². The van der Waals surface area contributed by atoms with Gasteiger partial charge in [-0.25, -0.2) is 4.39 Å². The second kappa shape index (κ2) is 7.02. The van der Waals surface area contributed by atoms with Crippen LogP contribution in [0.4, 0.5) is 10.1 Å². The first kappa shape index (κ1) is 17.5. The number of nitrogens with one attached hydrogen (secondary N) is 1. The summed E-state index contributed by atoms with van der Waals surface area (Å²) in [5, 5.41) is 4.21. The van der Waals surface area contributed by atoms with Crippen LogP contribution in [0.5, 0.6) is 0 Å². The van der Waals surface area contributed by atoms with E-state index in [1.165, 1.54) is 6.07 Å². The van der Waals surface area contributed by atoms with E-state index >= 15 is 0 Å². The molecule has 1 saturated heterocycles. The number of aryl methyl sites for hydroxylation is 1. The average Bonchev–Trinajstić information content (AvgIpc) is 3.25. The minimum Gasteiger partial charge on any atom is -0.357 e. The Bertz CT molecular complexity index is 974. The number of hydrogen-bond acceptors (Lipinski definition) is 4. The molecule has 1 fully saturated rings. The smallest absolute Gasteiger partial charge is 0.274 e. The predicted octanol–water partition coefficient (Wildman–Crippen LogP) is 5.11. The van der Waals surface area contributed by atoms with Crippen molar-refractivity contribution in [1.29, 1.82) is 0 Å². The molecule has 4 rings (SSSR count). The van der Waals surface area contributed by atoms with Crippen molar-refractivity contribution in [2.24, 2.45) is 0 Å². The van der Waals surface area contributed by atoms with Gasteiger partial charge in [0.15, 0.2) is 5.82 Å². The molecule has 2 aromatic heterocycles. The van der Waals surface area contributed by atoms with Gasteiger partial charge in [0.2, 0.25) is 0 Å². The van der Waals surface area contributed by atoms with Gasteiger partial charge in [-0.05, 0) is 56.9 Å². The Morgan fingerprint density at radius 3 is 2.96 bits per heavy atom. The molecule has 0 spiro atoms. The van der Waals surface area contributed by atoms with E-state index in [2.05, 4.69) is 26.6 Å². The number of halogens is 1. The second-order valence-corrected chi connectivity index (χ2v) is 7.19. The van der Waals surface area contributed by atoms with Crippen molar-refractivity contribution >= 4 is 5.69 Å². The number of anilines is 1. The van der Waals surface area contributed by atoms with Crippen LogP contribution in [0.3, 0.4) is 0 Å². The van der Waals surface area contributed by atoms with Gasteiger partial charge in [-0.2, -0.15) is 4.98 Å². The topological polar surface area (TPSA) is 58.0 Å². The van der Waals surface area contributed by atoms with Gasteiger partial charge in [-0.1, -0.05) is 17.8 Å². The molecule has 1 atom stereocenters. The van der Waals surface area contributed by atoms with Crippen LogP contribution >= 0.6 is 0 Å². The molecule has 0 radical (unpaired) electrons. The van der Waals surface area contributed by atoms with Crippen molar-refractivity contribution in [3.05, 3.63) is 65.5 Å². The maximum Gasteiger partial charge on any atom is 0.274 e. The van der Waals surface area contributed by atoms with Crippen LogP contribution in [-0.2, 0) is 0 Å². The molecule has 0 aliphatic carbocycles. The fourth-order valence-corrected chi connectivity index (χ4v) is 3.69. The number of aromatic nitrogens is 3. The van der Waals surface area contributed by atoms with E-state index < -0.39 is 0 Å². The largest absolute Gasteiger partial charge is 0.357 e. The zero-order valence-corrected chi connectivity index (χ0v) is 15.6. The summed E-state index contributed by atoms with van der Waals surface area (Å²) < 4.78 is 19.4. The SMILES string of the molecule is C=C1CC(c2noc(-c3cc(C)c[nH]3)n2)CCCN1c1cccc(F)c1C. The van der Waals surface area contributed by atoms with Crippen LogP contribution in [0.15, 0.2) is 47.3 Å². The minimum absolute atomic E-state index is 0.143. The number of aromatic amines is 1. The highest BCUT2D eigenvalue weighted by molar-refractivity contribution is 5.58. The van der Waals surface area contributed by atoms with Crippen molar-refractivity contribution in [3.8, 4) is 11.6 Å². The van der Waals surface area contributed by atoms with Gasteiger partial charge in [0.1, 0.15) is 11.5 Å². The maximum absolute atomic E-state index is 14.0. The summed E-state index contributed by atoms with van der Waals surface area (Å²) in [6.45, 7) is 8.88. The van der Waals surface area contributed by atoms with Gasteiger partial charge in [0.05, 0.1) is 0 Å². The average molecular weight is 366 g/mol. The number of H-pyrrole nitrogens is 1. The van der Waals surface area contributed by atoms with Crippen LogP contribution in [-0.4, -0.2) is 21.7 Å². The van der Waals surface area contributed by atoms with Crippen molar-refractivity contribution in [3.63, 3.8) is 0 Å². The first-order valence-electron chi connectivity index (χ1n) is 9.22. The van der Waals surface area contributed by atoms with Crippen LogP contribution in [0.1, 0.15) is 42.1 Å². The van der Waals surface area contributed by atoms with E-state index in [4.69, 9.17) is 4.52 Å². The lowest BCUT2D eigenvalue weighted by Crippen LogP contribution is -2.22. The molecular formula is C21H23FN4O. The van der Waals surface area contributed by atoms with Crippen molar-refractivity contribution < 1.29 is 8.91 Å². The Hall–Kier alpha value is -2.89. The first-order chi connectivity index (χ1) is 13.0. The number of nitrogens with zero attached hydrogens (tertiary/aromatic N) is 3. The summed E-state index contributed by atoms with van der Waals surface area (Å²) in [7, 11) is 0. The highest BCUT2D eigenvalue weighted by Crippen LogP contribution is 2.35. The zero-order valence-electron chi connectivity index (χ0n) is 15.6. The molecule has 5 nitrogen and oxygen atoms in total. The molecule has 0 bridgehead atoms. The number of benzene rings is 1. The Balaban J connectivity index is 1.55. The fourth-order valence-electron chi connectivity index (χ4n) is 3.69. The van der Waals surface area contributed by atoms with Gasteiger partial charge in [-0.15, -0.1) is 0 Å². The lowest BCUT2D eigenvalue weighted by molar-refractivity contribution is 0.411. The highest BCUT2D eigenvalue weighted by atomic mass is 19.1. The van der Waals surface area contributed by atoms with Crippen LogP contribution in [0.2, 0.25) is 0 Å². The quantitative estimate of drug-likeness (QED) is 0.700. The van der Waals surface area contributed by atoms with E-state index in [0.29, 0.717) is 17.3 Å². The van der Waals surface area contributed by atoms with Gasteiger partial charge >= 0.3 is 0 Å². The molecule has 3 aromatic rings. The Morgan fingerprint density at radius 1 is 1.33 bits per heavy atom. The van der Waals surface area contributed by atoms with Gasteiger partial charge in [0, 0.05) is 35.6 Å². The number of hydrogen-bond donors (Lipinski definition) is 1. The molecule has 1 aliphatic heterocycles. The molecule has 1 aromatic carbocycles. The predicted molar refractivity (Wildman–Crippen MR) is 103 cm³/mol. The van der Waals surface area contributed by atoms with Gasteiger partial charge < -0.3 is 14.4 Å². The Kier molecular flexibility index (Phi) is 4.56. The van der Waals surface area contributed by atoms with E-state index in [-0.39, 0.29) is 11.7 Å². The van der Waals surface area contributed by atoms with Crippen molar-refractivity contribution in [2.75, 3.05) is 11.4 Å². The summed E-state index contributed by atoms with van der Waals surface area (Å²) in [5.74, 6) is 1.16. The molecule has 27 heavy (non-hydrogen) atoms. The van der Waals surface area contributed by atoms with Crippen LogP contribution in [0.25, 0.3) is 11.6 Å². The van der Waals surface area contributed by atoms with Gasteiger partial charge in [0.25, 0.3) is 5.89 Å². The number of allylic oxidation sites excluding steroid dienone is 1. The molecule has 6 heteroatoms. The van der Waals surface area contributed by atoms with Gasteiger partial charge in [-0.3, -0.25) is 0 Å². The third-order valence-corrected chi connectivity index (χ3v) is 5.19. The normalized spacial score (nSPS) is 18.0. The molecule has 0 amide bonds. The molecule has 140 valence electrons. The maximum atomic E-state index is 14.0. The summed E-state index contributed by atoms with van der Waals surface area (Å²) in [6, 6.07) is 7.17. The van der Waals surface area contributed by atoms with E-state index in [9.17, 15) is 4.39 Å². The first-order valence-corrected chi connectivity index (χ1v) is 9.22. The van der Waals surface area contributed by atoms with Crippen LogP contribution < -0.4 is 4.90 Å².